The third-order valence-electron chi connectivity index (χ3n) is 2.27. The second-order valence-corrected chi connectivity index (χ2v) is 4.14. The molecular weight excluding hydrogens is 214 g/mol. The third-order valence-corrected chi connectivity index (χ3v) is 2.27. The Balaban J connectivity index is 2.20. The van der Waals surface area contributed by atoms with Crippen LogP contribution in [0.3, 0.4) is 0 Å². The van der Waals surface area contributed by atoms with Crippen LogP contribution in [0, 0.1) is 11.3 Å². The van der Waals surface area contributed by atoms with Gasteiger partial charge in [0.1, 0.15) is 11.8 Å². The zero-order chi connectivity index (χ0) is 12.5. The quantitative estimate of drug-likeness (QED) is 0.730. The number of rotatable bonds is 7. The average Bonchev–Trinajstić information content (AvgIpc) is 2.33. The Hall–Kier alpha value is -1.44. The Morgan fingerprint density at radius 1 is 1.53 bits per heavy atom. The number of hydrogen-bond donors (Lipinski definition) is 1. The molecular formula is C13H19N3O. The summed E-state index contributed by atoms with van der Waals surface area (Å²) in [5, 5.41) is 12.2. The SMILES string of the molecule is CC(C)NCCCOCc1cccnc1C#N. The highest BCUT2D eigenvalue weighted by molar-refractivity contribution is 5.29. The van der Waals surface area contributed by atoms with Gasteiger partial charge in [0.05, 0.1) is 6.61 Å². The maximum absolute atomic E-state index is 8.84. The first-order chi connectivity index (χ1) is 8.24. The second-order valence-electron chi connectivity index (χ2n) is 4.14. The lowest BCUT2D eigenvalue weighted by atomic mass is 10.2. The normalized spacial score (nSPS) is 10.5. The van der Waals surface area contributed by atoms with Crippen LogP contribution in [0.25, 0.3) is 0 Å². The molecule has 0 amide bonds. The van der Waals surface area contributed by atoms with E-state index in [-0.39, 0.29) is 0 Å². The van der Waals surface area contributed by atoms with E-state index in [0.29, 0.717) is 24.9 Å². The maximum atomic E-state index is 8.84. The Bertz CT molecular complexity index is 371. The van der Waals surface area contributed by atoms with Gasteiger partial charge in [-0.25, -0.2) is 4.98 Å². The molecule has 0 spiro atoms. The number of nitrogens with zero attached hydrogens (tertiary/aromatic N) is 2. The molecule has 0 aromatic carbocycles. The van der Waals surface area contributed by atoms with Crippen LogP contribution in [0.15, 0.2) is 18.3 Å². The summed E-state index contributed by atoms with van der Waals surface area (Å²) in [5.74, 6) is 0. The molecule has 4 heteroatoms. The van der Waals surface area contributed by atoms with Gasteiger partial charge in [-0.3, -0.25) is 0 Å². The number of hydrogen-bond acceptors (Lipinski definition) is 4. The topological polar surface area (TPSA) is 57.9 Å². The molecule has 17 heavy (non-hydrogen) atoms. The molecule has 0 aliphatic rings. The first-order valence-electron chi connectivity index (χ1n) is 5.89. The molecule has 0 radical (unpaired) electrons. The Labute approximate surface area is 103 Å². The molecule has 4 nitrogen and oxygen atoms in total. The molecule has 0 aliphatic carbocycles. The predicted molar refractivity (Wildman–Crippen MR) is 66.4 cm³/mol. The fourth-order valence-electron chi connectivity index (χ4n) is 1.40. The molecule has 0 unspecified atom stereocenters. The van der Waals surface area contributed by atoms with Gasteiger partial charge in [0.25, 0.3) is 0 Å². The summed E-state index contributed by atoms with van der Waals surface area (Å²) >= 11 is 0. The van der Waals surface area contributed by atoms with Crippen molar-refractivity contribution in [2.24, 2.45) is 0 Å². The summed E-state index contributed by atoms with van der Waals surface area (Å²) in [4.78, 5) is 3.98. The van der Waals surface area contributed by atoms with E-state index in [2.05, 4.69) is 30.2 Å². The van der Waals surface area contributed by atoms with Crippen LogP contribution >= 0.6 is 0 Å². The van der Waals surface area contributed by atoms with Crippen LogP contribution in [0.5, 0.6) is 0 Å². The van der Waals surface area contributed by atoms with Crippen molar-refractivity contribution in [2.75, 3.05) is 13.2 Å². The zero-order valence-electron chi connectivity index (χ0n) is 10.4. The van der Waals surface area contributed by atoms with Gasteiger partial charge in [0.15, 0.2) is 0 Å². The summed E-state index contributed by atoms with van der Waals surface area (Å²) in [6.45, 7) is 6.35. The molecule has 0 saturated carbocycles. The number of aromatic nitrogens is 1. The van der Waals surface area contributed by atoms with Crippen molar-refractivity contribution in [3.63, 3.8) is 0 Å². The zero-order valence-corrected chi connectivity index (χ0v) is 10.4. The minimum Gasteiger partial charge on any atom is -0.377 e. The highest BCUT2D eigenvalue weighted by Gasteiger charge is 2.01. The minimum atomic E-state index is 0.452. The smallest absolute Gasteiger partial charge is 0.145 e. The molecule has 1 rings (SSSR count). The lowest BCUT2D eigenvalue weighted by Gasteiger charge is -2.08. The van der Waals surface area contributed by atoms with Crippen LogP contribution < -0.4 is 5.32 Å². The highest BCUT2D eigenvalue weighted by atomic mass is 16.5. The van der Waals surface area contributed by atoms with Gasteiger partial charge in [-0.1, -0.05) is 19.9 Å². The van der Waals surface area contributed by atoms with Crippen LogP contribution in [-0.2, 0) is 11.3 Å². The van der Waals surface area contributed by atoms with Gasteiger partial charge in [-0.15, -0.1) is 0 Å². The Morgan fingerprint density at radius 3 is 3.06 bits per heavy atom. The van der Waals surface area contributed by atoms with Crippen molar-refractivity contribution in [2.45, 2.75) is 32.9 Å². The average molecular weight is 233 g/mol. The van der Waals surface area contributed by atoms with Gasteiger partial charge in [0.2, 0.25) is 0 Å². The monoisotopic (exact) mass is 233 g/mol. The Kier molecular flexibility index (Phi) is 6.23. The second kappa shape index (κ2) is 7.77. The van der Waals surface area contributed by atoms with Crippen LogP contribution in [0.2, 0.25) is 0 Å². The fourth-order valence-corrected chi connectivity index (χ4v) is 1.40. The van der Waals surface area contributed by atoms with Crippen molar-refractivity contribution in [1.29, 1.82) is 5.26 Å². The number of nitrogens with one attached hydrogen (secondary N) is 1. The van der Waals surface area contributed by atoms with Gasteiger partial charge in [0, 0.05) is 24.4 Å². The van der Waals surface area contributed by atoms with Crippen molar-refractivity contribution >= 4 is 0 Å². The van der Waals surface area contributed by atoms with Crippen LogP contribution in [0.4, 0.5) is 0 Å². The largest absolute Gasteiger partial charge is 0.377 e. The fraction of sp³-hybridized carbons (Fsp3) is 0.538. The van der Waals surface area contributed by atoms with E-state index < -0.39 is 0 Å². The lowest BCUT2D eigenvalue weighted by Crippen LogP contribution is -2.24. The van der Waals surface area contributed by atoms with Crippen molar-refractivity contribution in [1.82, 2.24) is 10.3 Å². The van der Waals surface area contributed by atoms with E-state index in [0.717, 1.165) is 18.5 Å². The lowest BCUT2D eigenvalue weighted by molar-refractivity contribution is 0.117. The summed E-state index contributed by atoms with van der Waals surface area (Å²) in [6.07, 6.45) is 2.59. The van der Waals surface area contributed by atoms with E-state index in [4.69, 9.17) is 10.00 Å². The molecule has 0 aliphatic heterocycles. The first kappa shape index (κ1) is 13.6. The van der Waals surface area contributed by atoms with Crippen molar-refractivity contribution in [3.8, 4) is 6.07 Å². The van der Waals surface area contributed by atoms with Crippen LogP contribution in [0.1, 0.15) is 31.5 Å². The van der Waals surface area contributed by atoms with Crippen LogP contribution in [-0.4, -0.2) is 24.2 Å². The molecule has 0 bridgehead atoms. The van der Waals surface area contributed by atoms with E-state index in [1.807, 2.05) is 12.1 Å². The summed E-state index contributed by atoms with van der Waals surface area (Å²) < 4.78 is 5.51. The van der Waals surface area contributed by atoms with Crippen molar-refractivity contribution in [3.05, 3.63) is 29.6 Å². The highest BCUT2D eigenvalue weighted by Crippen LogP contribution is 2.05. The maximum Gasteiger partial charge on any atom is 0.145 e. The van der Waals surface area contributed by atoms with Crippen molar-refractivity contribution < 1.29 is 4.74 Å². The summed E-state index contributed by atoms with van der Waals surface area (Å²) in [7, 11) is 0. The standard InChI is InChI=1S/C13H19N3O/c1-11(2)15-7-4-8-17-10-12-5-3-6-16-13(12)9-14/h3,5-6,11,15H,4,7-8,10H2,1-2H3. The molecule has 0 fully saturated rings. The molecule has 0 saturated heterocycles. The van der Waals surface area contributed by atoms with E-state index >= 15 is 0 Å². The molecule has 1 aromatic heterocycles. The molecule has 92 valence electrons. The molecule has 1 N–H and O–H groups in total. The molecule has 1 heterocycles. The molecule has 1 aromatic rings. The van der Waals surface area contributed by atoms with E-state index in [1.165, 1.54) is 0 Å². The summed E-state index contributed by atoms with van der Waals surface area (Å²) in [5.41, 5.74) is 1.31. The Morgan fingerprint density at radius 2 is 2.35 bits per heavy atom. The van der Waals surface area contributed by atoms with Gasteiger partial charge >= 0.3 is 0 Å². The number of pyridine rings is 1. The molecule has 0 atom stereocenters. The van der Waals surface area contributed by atoms with Gasteiger partial charge in [-0.2, -0.15) is 5.26 Å². The van der Waals surface area contributed by atoms with Gasteiger partial charge in [-0.05, 0) is 19.0 Å². The third kappa shape index (κ3) is 5.43. The predicted octanol–water partition coefficient (Wildman–Crippen LogP) is 1.86. The minimum absolute atomic E-state index is 0.452. The summed E-state index contributed by atoms with van der Waals surface area (Å²) in [6, 6.07) is 6.26. The van der Waals surface area contributed by atoms with E-state index in [1.54, 1.807) is 6.20 Å². The number of ether oxygens (including phenoxy) is 1. The van der Waals surface area contributed by atoms with E-state index in [9.17, 15) is 0 Å². The van der Waals surface area contributed by atoms with Gasteiger partial charge < -0.3 is 10.1 Å². The number of nitriles is 1. The first-order valence-corrected chi connectivity index (χ1v) is 5.89.